The Kier molecular flexibility index (Phi) is 7.04. The largest absolute Gasteiger partial charge is 0.454 e. The number of nitrogens with one attached hydrogen (secondary N) is 1. The summed E-state index contributed by atoms with van der Waals surface area (Å²) in [4.78, 5) is 24.3. The molecule has 0 aliphatic rings. The summed E-state index contributed by atoms with van der Waals surface area (Å²) in [6.45, 7) is -0.656. The Morgan fingerprint density at radius 2 is 2.08 bits per heavy atom. The van der Waals surface area contributed by atoms with E-state index in [1.165, 1.54) is 24.1 Å². The van der Waals surface area contributed by atoms with Gasteiger partial charge in [-0.1, -0.05) is 6.07 Å². The summed E-state index contributed by atoms with van der Waals surface area (Å²) in [5.74, 6) is -1.26. The van der Waals surface area contributed by atoms with E-state index in [2.05, 4.69) is 5.32 Å². The molecule has 0 unspecified atom stereocenters. The van der Waals surface area contributed by atoms with Crippen LogP contribution in [0.25, 0.3) is 0 Å². The topological polar surface area (TPSA) is 82.4 Å². The monoisotopic (exact) mass is 343 g/mol. The molecule has 0 radical (unpaired) electrons. The Morgan fingerprint density at radius 3 is 2.71 bits per heavy atom. The number of alkyl halides is 3. The van der Waals surface area contributed by atoms with Gasteiger partial charge < -0.3 is 15.0 Å². The second-order valence-electron chi connectivity index (χ2n) is 4.82. The second kappa shape index (κ2) is 8.76. The van der Waals surface area contributed by atoms with Crippen molar-refractivity contribution in [3.8, 4) is 6.07 Å². The van der Waals surface area contributed by atoms with Gasteiger partial charge in [-0.3, -0.25) is 9.59 Å². The first-order chi connectivity index (χ1) is 11.2. The van der Waals surface area contributed by atoms with E-state index >= 15 is 0 Å². The summed E-state index contributed by atoms with van der Waals surface area (Å²) in [5, 5.41) is 10.9. The quantitative estimate of drug-likeness (QED) is 0.766. The second-order valence-corrected chi connectivity index (χ2v) is 4.82. The molecule has 1 rings (SSSR count). The van der Waals surface area contributed by atoms with Gasteiger partial charge in [-0.2, -0.15) is 18.4 Å². The number of nitriles is 1. The Labute approximate surface area is 136 Å². The van der Waals surface area contributed by atoms with E-state index in [0.29, 0.717) is 0 Å². The fourth-order valence-corrected chi connectivity index (χ4v) is 1.63. The van der Waals surface area contributed by atoms with Crippen molar-refractivity contribution in [3.63, 3.8) is 0 Å². The number of rotatable bonds is 7. The zero-order valence-electron chi connectivity index (χ0n) is 12.9. The van der Waals surface area contributed by atoms with Crippen molar-refractivity contribution in [2.24, 2.45) is 0 Å². The number of likely N-dealkylation sites (N-methyl/N-ethyl adjacent to an activating group) is 1. The summed E-state index contributed by atoms with van der Waals surface area (Å²) in [5.41, 5.74) is -0.727. The van der Waals surface area contributed by atoms with Crippen LogP contribution in [0, 0.1) is 11.3 Å². The molecule has 1 amide bonds. The summed E-state index contributed by atoms with van der Waals surface area (Å²) < 4.78 is 42.4. The van der Waals surface area contributed by atoms with E-state index in [-0.39, 0.29) is 25.2 Å². The van der Waals surface area contributed by atoms with Crippen molar-refractivity contribution < 1.29 is 27.5 Å². The molecule has 6 nitrogen and oxygen atoms in total. The van der Waals surface area contributed by atoms with Crippen LogP contribution < -0.4 is 5.32 Å². The van der Waals surface area contributed by atoms with Crippen molar-refractivity contribution in [2.75, 3.05) is 32.1 Å². The Hall–Kier alpha value is -2.76. The third-order valence-electron chi connectivity index (χ3n) is 2.97. The molecule has 0 aliphatic carbocycles. The Bertz CT molecular complexity index is 626. The molecule has 0 heterocycles. The highest BCUT2D eigenvalue weighted by Gasteiger charge is 2.30. The third kappa shape index (κ3) is 6.56. The summed E-state index contributed by atoms with van der Waals surface area (Å²) in [7, 11) is 1.47. The Balaban J connectivity index is 2.42. The van der Waals surface area contributed by atoms with Crippen molar-refractivity contribution in [1.82, 2.24) is 4.90 Å². The number of esters is 1. The van der Waals surface area contributed by atoms with Gasteiger partial charge in [0.15, 0.2) is 6.61 Å². The minimum atomic E-state index is -4.47. The Morgan fingerprint density at radius 1 is 1.38 bits per heavy atom. The number of carbonyl (C=O) groups excluding carboxylic acids is 2. The lowest BCUT2D eigenvalue weighted by Crippen LogP contribution is -2.32. The maximum absolute atomic E-state index is 12.6. The number of amides is 1. The van der Waals surface area contributed by atoms with Gasteiger partial charge in [-0.05, 0) is 18.2 Å². The van der Waals surface area contributed by atoms with Crippen LogP contribution in [0.4, 0.5) is 18.9 Å². The molecule has 0 aromatic heterocycles. The normalized spacial score (nSPS) is 10.6. The lowest BCUT2D eigenvalue weighted by Gasteiger charge is -2.15. The predicted molar refractivity (Wildman–Crippen MR) is 78.8 cm³/mol. The number of hydrogen-bond acceptors (Lipinski definition) is 5. The molecule has 1 aromatic rings. The lowest BCUT2D eigenvalue weighted by atomic mass is 10.2. The van der Waals surface area contributed by atoms with Crippen LogP contribution in [-0.2, 0) is 20.5 Å². The summed E-state index contributed by atoms with van der Waals surface area (Å²) in [6, 6.07) is 6.26. The average molecular weight is 343 g/mol. The molecule has 0 spiro atoms. The smallest absolute Gasteiger partial charge is 0.416 e. The molecule has 0 bridgehead atoms. The fourth-order valence-electron chi connectivity index (χ4n) is 1.63. The first-order valence-electron chi connectivity index (χ1n) is 6.91. The highest BCUT2D eigenvalue weighted by Crippen LogP contribution is 2.30. The van der Waals surface area contributed by atoms with E-state index in [1.807, 2.05) is 6.07 Å². The number of halogens is 3. The van der Waals surface area contributed by atoms with Gasteiger partial charge in [0.1, 0.15) is 6.54 Å². The SMILES string of the molecule is CN(CCC#N)C(=O)COC(=O)CNc1cccc(C(F)(F)F)c1. The third-order valence-corrected chi connectivity index (χ3v) is 2.97. The van der Waals surface area contributed by atoms with Crippen LogP contribution in [0.5, 0.6) is 0 Å². The van der Waals surface area contributed by atoms with Crippen LogP contribution >= 0.6 is 0 Å². The average Bonchev–Trinajstić information content (AvgIpc) is 2.55. The molecule has 0 atom stereocenters. The van der Waals surface area contributed by atoms with E-state index in [1.54, 1.807) is 0 Å². The van der Waals surface area contributed by atoms with Crippen molar-refractivity contribution in [1.29, 1.82) is 5.26 Å². The molecule has 0 aliphatic heterocycles. The van der Waals surface area contributed by atoms with Gasteiger partial charge in [-0.15, -0.1) is 0 Å². The van der Waals surface area contributed by atoms with Gasteiger partial charge in [0.2, 0.25) is 0 Å². The van der Waals surface area contributed by atoms with E-state index in [4.69, 9.17) is 10.00 Å². The number of carbonyl (C=O) groups is 2. The zero-order chi connectivity index (χ0) is 18.2. The van der Waals surface area contributed by atoms with Crippen LogP contribution in [-0.4, -0.2) is 43.5 Å². The zero-order valence-corrected chi connectivity index (χ0v) is 12.9. The molecule has 130 valence electrons. The van der Waals surface area contributed by atoms with Crippen LogP contribution in [0.2, 0.25) is 0 Å². The highest BCUT2D eigenvalue weighted by molar-refractivity contribution is 5.81. The molecule has 1 aromatic carbocycles. The van der Waals surface area contributed by atoms with Crippen molar-refractivity contribution in [2.45, 2.75) is 12.6 Å². The van der Waals surface area contributed by atoms with Crippen LogP contribution in [0.15, 0.2) is 24.3 Å². The number of nitrogens with zero attached hydrogens (tertiary/aromatic N) is 2. The van der Waals surface area contributed by atoms with E-state index in [9.17, 15) is 22.8 Å². The van der Waals surface area contributed by atoms with Gasteiger partial charge in [-0.25, -0.2) is 0 Å². The minimum absolute atomic E-state index is 0.110. The van der Waals surface area contributed by atoms with E-state index < -0.39 is 30.2 Å². The highest BCUT2D eigenvalue weighted by atomic mass is 19.4. The van der Waals surface area contributed by atoms with Crippen LogP contribution in [0.1, 0.15) is 12.0 Å². The van der Waals surface area contributed by atoms with Crippen molar-refractivity contribution in [3.05, 3.63) is 29.8 Å². The molecule has 9 heteroatoms. The number of benzene rings is 1. The number of anilines is 1. The van der Waals surface area contributed by atoms with Crippen molar-refractivity contribution >= 4 is 17.6 Å². The molecule has 0 saturated carbocycles. The molecular formula is C15H16F3N3O3. The number of hydrogen-bond donors (Lipinski definition) is 1. The molecule has 0 fully saturated rings. The molecular weight excluding hydrogens is 327 g/mol. The fraction of sp³-hybridized carbons (Fsp3) is 0.400. The maximum Gasteiger partial charge on any atom is 0.416 e. The van der Waals surface area contributed by atoms with Gasteiger partial charge in [0.05, 0.1) is 18.1 Å². The molecule has 24 heavy (non-hydrogen) atoms. The lowest BCUT2D eigenvalue weighted by molar-refractivity contribution is -0.150. The predicted octanol–water partition coefficient (Wildman–Crippen LogP) is 2.03. The van der Waals surface area contributed by atoms with E-state index in [0.717, 1.165) is 12.1 Å². The summed E-state index contributed by atoms with van der Waals surface area (Å²) >= 11 is 0. The minimum Gasteiger partial charge on any atom is -0.454 e. The maximum atomic E-state index is 12.6. The van der Waals surface area contributed by atoms with Crippen LogP contribution in [0.3, 0.4) is 0 Å². The van der Waals surface area contributed by atoms with Gasteiger partial charge >= 0.3 is 12.1 Å². The van der Waals surface area contributed by atoms with Gasteiger partial charge in [0.25, 0.3) is 5.91 Å². The molecule has 1 N–H and O–H groups in total. The summed E-state index contributed by atoms with van der Waals surface area (Å²) in [6.07, 6.45) is -4.31. The number of ether oxygens (including phenoxy) is 1. The van der Waals surface area contributed by atoms with Gasteiger partial charge in [0, 0.05) is 19.3 Å². The molecule has 0 saturated heterocycles. The first kappa shape index (κ1) is 19.3. The first-order valence-corrected chi connectivity index (χ1v) is 6.91. The standard InChI is InChI=1S/C15H16F3N3O3/c1-21(7-3-6-19)13(22)10-24-14(23)9-20-12-5-2-4-11(8-12)15(16,17)18/h2,4-5,8,20H,3,7,9-10H2,1H3.